The minimum absolute atomic E-state index is 0.0106. The highest BCUT2D eigenvalue weighted by Crippen LogP contribution is 1.99. The van der Waals surface area contributed by atoms with E-state index in [1.807, 2.05) is 0 Å². The Morgan fingerprint density at radius 1 is 1.15 bits per heavy atom. The van der Waals surface area contributed by atoms with Crippen molar-refractivity contribution < 1.29 is 20.1 Å². The van der Waals surface area contributed by atoms with Gasteiger partial charge in [-0.3, -0.25) is 4.90 Å². The van der Waals surface area contributed by atoms with Crippen molar-refractivity contribution in [1.82, 2.24) is 4.90 Å². The van der Waals surface area contributed by atoms with Crippen LogP contribution in [0.2, 0.25) is 0 Å². The van der Waals surface area contributed by atoms with Crippen LogP contribution in [0.3, 0.4) is 0 Å². The predicted octanol–water partition coefficient (Wildman–Crippen LogP) is -1.03. The number of aliphatic hydroxyl groups excluding tert-OH is 3. The minimum atomic E-state index is -0.697. The first-order valence-electron chi connectivity index (χ1n) is 4.40. The first-order valence-corrected chi connectivity index (χ1v) is 4.40. The molecule has 80 valence electrons. The van der Waals surface area contributed by atoms with Gasteiger partial charge in [0.05, 0.1) is 19.8 Å². The largest absolute Gasteiger partial charge is 0.394 e. The van der Waals surface area contributed by atoms with Crippen LogP contribution in [0.25, 0.3) is 0 Å². The average Bonchev–Trinajstić information content (AvgIpc) is 2.02. The molecule has 3 N–H and O–H groups in total. The normalized spacial score (nSPS) is 16.2. The van der Waals surface area contributed by atoms with E-state index in [0.717, 1.165) is 0 Å². The van der Waals surface area contributed by atoms with Gasteiger partial charge in [0.2, 0.25) is 0 Å². The van der Waals surface area contributed by atoms with E-state index in [0.29, 0.717) is 13.2 Å². The molecule has 2 unspecified atom stereocenters. The monoisotopic (exact) mass is 193 g/mol. The first-order chi connectivity index (χ1) is 6.09. The van der Waals surface area contributed by atoms with Gasteiger partial charge in [-0.25, -0.2) is 0 Å². The molecule has 0 aromatic rings. The van der Waals surface area contributed by atoms with Gasteiger partial charge in [0.15, 0.2) is 0 Å². The SMILES string of the molecule is CC(O)N(CCOCCO)C(C)O. The molecule has 5 nitrogen and oxygen atoms in total. The number of ether oxygens (including phenoxy) is 1. The molecule has 0 aromatic heterocycles. The summed E-state index contributed by atoms with van der Waals surface area (Å²) in [6.45, 7) is 4.26. The average molecular weight is 193 g/mol. The molecule has 0 bridgehead atoms. The van der Waals surface area contributed by atoms with Crippen LogP contribution in [0.15, 0.2) is 0 Å². The molecule has 0 aromatic carbocycles. The minimum Gasteiger partial charge on any atom is -0.394 e. The lowest BCUT2D eigenvalue weighted by Gasteiger charge is -2.27. The Morgan fingerprint density at radius 2 is 1.69 bits per heavy atom. The highest BCUT2D eigenvalue weighted by molar-refractivity contribution is 4.58. The number of nitrogens with zero attached hydrogens (tertiary/aromatic N) is 1. The van der Waals surface area contributed by atoms with E-state index in [-0.39, 0.29) is 13.2 Å². The lowest BCUT2D eigenvalue weighted by atomic mass is 10.4. The van der Waals surface area contributed by atoms with E-state index < -0.39 is 12.5 Å². The van der Waals surface area contributed by atoms with Crippen LogP contribution in [0.1, 0.15) is 13.8 Å². The standard InChI is InChI=1S/C8H19NO4/c1-7(11)9(8(2)12)3-5-13-6-4-10/h7-8,10-12H,3-6H2,1-2H3. The molecule has 0 saturated carbocycles. The summed E-state index contributed by atoms with van der Waals surface area (Å²) in [5.41, 5.74) is 0. The fourth-order valence-electron chi connectivity index (χ4n) is 1.02. The third kappa shape index (κ3) is 5.95. The third-order valence-corrected chi connectivity index (χ3v) is 1.69. The van der Waals surface area contributed by atoms with E-state index in [9.17, 15) is 10.2 Å². The quantitative estimate of drug-likeness (QED) is 0.356. The second-order valence-corrected chi connectivity index (χ2v) is 2.84. The molecule has 0 amide bonds. The summed E-state index contributed by atoms with van der Waals surface area (Å²) in [4.78, 5) is 1.48. The summed E-state index contributed by atoms with van der Waals surface area (Å²) in [6.07, 6.45) is -1.39. The Labute approximate surface area is 78.5 Å². The Balaban J connectivity index is 3.58. The molecule has 0 aliphatic heterocycles. The van der Waals surface area contributed by atoms with Gasteiger partial charge in [0.25, 0.3) is 0 Å². The summed E-state index contributed by atoms with van der Waals surface area (Å²) < 4.78 is 5.00. The van der Waals surface area contributed by atoms with Gasteiger partial charge < -0.3 is 20.1 Å². The fraction of sp³-hybridized carbons (Fsp3) is 1.00. The maximum absolute atomic E-state index is 9.20. The molecule has 0 aliphatic rings. The lowest BCUT2D eigenvalue weighted by molar-refractivity contribution is -0.0944. The zero-order valence-corrected chi connectivity index (χ0v) is 8.18. The zero-order valence-electron chi connectivity index (χ0n) is 8.18. The van der Waals surface area contributed by atoms with Crippen molar-refractivity contribution in [3.05, 3.63) is 0 Å². The number of hydrogen-bond acceptors (Lipinski definition) is 5. The third-order valence-electron chi connectivity index (χ3n) is 1.69. The summed E-state index contributed by atoms with van der Waals surface area (Å²) >= 11 is 0. The molecule has 2 atom stereocenters. The lowest BCUT2D eigenvalue weighted by Crippen LogP contribution is -2.42. The van der Waals surface area contributed by atoms with E-state index >= 15 is 0 Å². The molecule has 0 fully saturated rings. The molecule has 0 aliphatic carbocycles. The van der Waals surface area contributed by atoms with Gasteiger partial charge in [-0.05, 0) is 13.8 Å². The van der Waals surface area contributed by atoms with Gasteiger partial charge in [-0.2, -0.15) is 0 Å². The summed E-state index contributed by atoms with van der Waals surface area (Å²) in [6, 6.07) is 0. The summed E-state index contributed by atoms with van der Waals surface area (Å²) in [7, 11) is 0. The maximum atomic E-state index is 9.20. The maximum Gasteiger partial charge on any atom is 0.106 e. The molecular formula is C8H19NO4. The Hall–Kier alpha value is -0.200. The predicted molar refractivity (Wildman–Crippen MR) is 48.0 cm³/mol. The number of aliphatic hydroxyl groups is 3. The van der Waals surface area contributed by atoms with Crippen LogP contribution in [0.5, 0.6) is 0 Å². The van der Waals surface area contributed by atoms with E-state index in [1.54, 1.807) is 13.8 Å². The van der Waals surface area contributed by atoms with Crippen molar-refractivity contribution in [3.8, 4) is 0 Å². The zero-order chi connectivity index (χ0) is 10.3. The number of hydrogen-bond donors (Lipinski definition) is 3. The highest BCUT2D eigenvalue weighted by atomic mass is 16.5. The van der Waals surface area contributed by atoms with Crippen molar-refractivity contribution in [2.75, 3.05) is 26.4 Å². The fourth-order valence-corrected chi connectivity index (χ4v) is 1.02. The van der Waals surface area contributed by atoms with E-state index in [1.165, 1.54) is 4.90 Å². The van der Waals surface area contributed by atoms with Gasteiger partial charge in [-0.15, -0.1) is 0 Å². The molecule has 0 heterocycles. The van der Waals surface area contributed by atoms with E-state index in [4.69, 9.17) is 9.84 Å². The molecule has 0 rings (SSSR count). The van der Waals surface area contributed by atoms with Crippen LogP contribution in [0.4, 0.5) is 0 Å². The Morgan fingerprint density at radius 3 is 2.08 bits per heavy atom. The van der Waals surface area contributed by atoms with E-state index in [2.05, 4.69) is 0 Å². The smallest absolute Gasteiger partial charge is 0.106 e. The van der Waals surface area contributed by atoms with Gasteiger partial charge in [0, 0.05) is 6.54 Å². The topological polar surface area (TPSA) is 73.2 Å². The molecular weight excluding hydrogens is 174 g/mol. The van der Waals surface area contributed by atoms with Crippen LogP contribution >= 0.6 is 0 Å². The second-order valence-electron chi connectivity index (χ2n) is 2.84. The molecule has 0 saturated heterocycles. The molecule has 13 heavy (non-hydrogen) atoms. The highest BCUT2D eigenvalue weighted by Gasteiger charge is 2.14. The molecule has 5 heteroatoms. The van der Waals surface area contributed by atoms with Gasteiger partial charge in [-0.1, -0.05) is 0 Å². The van der Waals surface area contributed by atoms with Crippen molar-refractivity contribution in [2.45, 2.75) is 26.3 Å². The second kappa shape index (κ2) is 7.23. The van der Waals surface area contributed by atoms with Gasteiger partial charge >= 0.3 is 0 Å². The van der Waals surface area contributed by atoms with Crippen molar-refractivity contribution in [2.24, 2.45) is 0 Å². The van der Waals surface area contributed by atoms with Crippen molar-refractivity contribution in [3.63, 3.8) is 0 Å². The van der Waals surface area contributed by atoms with Crippen molar-refractivity contribution >= 4 is 0 Å². The summed E-state index contributed by atoms with van der Waals surface area (Å²) in [5.74, 6) is 0. The van der Waals surface area contributed by atoms with Crippen molar-refractivity contribution in [1.29, 1.82) is 0 Å². The van der Waals surface area contributed by atoms with Crippen LogP contribution in [0, 0.1) is 0 Å². The van der Waals surface area contributed by atoms with Gasteiger partial charge in [0.1, 0.15) is 12.5 Å². The Kier molecular flexibility index (Phi) is 7.12. The number of rotatable bonds is 7. The molecule has 0 spiro atoms. The Bertz CT molecular complexity index is 111. The van der Waals surface area contributed by atoms with Crippen LogP contribution in [-0.2, 0) is 4.74 Å². The van der Waals surface area contributed by atoms with Crippen LogP contribution < -0.4 is 0 Å². The van der Waals surface area contributed by atoms with Crippen LogP contribution in [-0.4, -0.2) is 59.0 Å². The summed E-state index contributed by atoms with van der Waals surface area (Å²) in [5, 5.41) is 26.8. The molecule has 0 radical (unpaired) electrons. The first kappa shape index (κ1) is 12.8.